The summed E-state index contributed by atoms with van der Waals surface area (Å²) in [6, 6.07) is 19.0. The van der Waals surface area contributed by atoms with Crippen LogP contribution < -0.4 is 5.32 Å². The number of fused-ring (bicyclic) bond motifs is 1. The topological polar surface area (TPSA) is 37.8 Å². The first-order valence-corrected chi connectivity index (χ1v) is 10.3. The lowest BCUT2D eigenvalue weighted by molar-refractivity contribution is 0.857. The molecule has 0 aliphatic carbocycles. The van der Waals surface area contributed by atoms with Crippen molar-refractivity contribution in [2.45, 2.75) is 36.5 Å². The molecule has 0 saturated carbocycles. The molecule has 0 aliphatic heterocycles. The van der Waals surface area contributed by atoms with Crippen LogP contribution in [0.25, 0.3) is 10.8 Å². The molecule has 4 rings (SSSR count). The number of hydrogen-bond acceptors (Lipinski definition) is 4. The quantitative estimate of drug-likeness (QED) is 0.403. The largest absolute Gasteiger partial charge is 0.340 e. The van der Waals surface area contributed by atoms with Crippen molar-refractivity contribution in [2.75, 3.05) is 5.32 Å². The zero-order chi connectivity index (χ0) is 19.5. The van der Waals surface area contributed by atoms with Crippen LogP contribution in [0.15, 0.2) is 83.0 Å². The summed E-state index contributed by atoms with van der Waals surface area (Å²) in [6.07, 6.45) is 5.58. The average Bonchev–Trinajstić information content (AvgIpc) is 2.70. The van der Waals surface area contributed by atoms with E-state index in [1.165, 1.54) is 16.5 Å². The van der Waals surface area contributed by atoms with E-state index in [0.29, 0.717) is 5.92 Å². The fourth-order valence-electron chi connectivity index (χ4n) is 3.42. The number of benzene rings is 2. The van der Waals surface area contributed by atoms with Crippen molar-refractivity contribution < 1.29 is 0 Å². The summed E-state index contributed by atoms with van der Waals surface area (Å²) >= 11 is 1.71. The number of nitrogens with one attached hydrogen (secondary N) is 1. The first kappa shape index (κ1) is 18.5. The molecule has 0 atom stereocenters. The summed E-state index contributed by atoms with van der Waals surface area (Å²) in [5, 5.41) is 5.82. The van der Waals surface area contributed by atoms with Crippen molar-refractivity contribution in [2.24, 2.45) is 0 Å². The molecule has 2 heterocycles. The first-order chi connectivity index (χ1) is 13.6. The third-order valence-corrected chi connectivity index (χ3v) is 5.84. The van der Waals surface area contributed by atoms with Gasteiger partial charge in [0.25, 0.3) is 0 Å². The molecule has 2 aromatic heterocycles. The Hall–Kier alpha value is -2.85. The molecule has 0 saturated heterocycles. The lowest BCUT2D eigenvalue weighted by atomic mass is 9.97. The minimum Gasteiger partial charge on any atom is -0.340 e. The fourth-order valence-corrected chi connectivity index (χ4v) is 4.32. The van der Waals surface area contributed by atoms with Gasteiger partial charge in [0.15, 0.2) is 0 Å². The van der Waals surface area contributed by atoms with Gasteiger partial charge in [-0.05, 0) is 48.2 Å². The fraction of sp³-hybridized carbons (Fsp3) is 0.167. The Balaban J connectivity index is 1.69. The third kappa shape index (κ3) is 3.87. The molecule has 0 unspecified atom stereocenters. The van der Waals surface area contributed by atoms with Gasteiger partial charge in [0.1, 0.15) is 5.82 Å². The molecule has 3 nitrogen and oxygen atoms in total. The van der Waals surface area contributed by atoms with E-state index in [1.807, 2.05) is 30.7 Å². The molecule has 4 heteroatoms. The van der Waals surface area contributed by atoms with Crippen molar-refractivity contribution in [1.29, 1.82) is 0 Å². The van der Waals surface area contributed by atoms with Crippen LogP contribution in [-0.2, 0) is 0 Å². The molecular formula is C24H23N3S. The number of anilines is 2. The van der Waals surface area contributed by atoms with Crippen LogP contribution in [0.5, 0.6) is 0 Å². The van der Waals surface area contributed by atoms with Gasteiger partial charge in [-0.3, -0.25) is 4.98 Å². The summed E-state index contributed by atoms with van der Waals surface area (Å²) < 4.78 is 0. The van der Waals surface area contributed by atoms with Crippen molar-refractivity contribution >= 4 is 34.0 Å². The molecule has 4 aromatic rings. The van der Waals surface area contributed by atoms with Gasteiger partial charge in [0, 0.05) is 44.8 Å². The maximum Gasteiger partial charge on any atom is 0.138 e. The van der Waals surface area contributed by atoms with Crippen LogP contribution in [0.4, 0.5) is 11.5 Å². The minimum atomic E-state index is 0.525. The van der Waals surface area contributed by atoms with Crippen LogP contribution in [0.3, 0.4) is 0 Å². The van der Waals surface area contributed by atoms with Gasteiger partial charge in [-0.15, -0.1) is 0 Å². The number of rotatable bonds is 5. The Morgan fingerprint density at radius 3 is 2.39 bits per heavy atom. The number of nitrogens with zero attached hydrogens (tertiary/aromatic N) is 2. The molecule has 0 aliphatic rings. The first-order valence-electron chi connectivity index (χ1n) is 9.45. The van der Waals surface area contributed by atoms with Gasteiger partial charge in [-0.1, -0.05) is 55.9 Å². The van der Waals surface area contributed by atoms with Crippen molar-refractivity contribution in [3.05, 3.63) is 84.3 Å². The van der Waals surface area contributed by atoms with Crippen LogP contribution in [-0.4, -0.2) is 9.97 Å². The maximum absolute atomic E-state index is 4.74. The summed E-state index contributed by atoms with van der Waals surface area (Å²) in [5.41, 5.74) is 3.75. The van der Waals surface area contributed by atoms with Crippen LogP contribution in [0, 0.1) is 6.92 Å². The second-order valence-corrected chi connectivity index (χ2v) is 8.27. The molecule has 0 bridgehead atoms. The lowest BCUT2D eigenvalue weighted by Crippen LogP contribution is -1.98. The van der Waals surface area contributed by atoms with Crippen molar-refractivity contribution in [3.63, 3.8) is 0 Å². The molecular weight excluding hydrogens is 362 g/mol. The zero-order valence-electron chi connectivity index (χ0n) is 16.3. The van der Waals surface area contributed by atoms with Gasteiger partial charge < -0.3 is 5.32 Å². The Morgan fingerprint density at radius 1 is 0.929 bits per heavy atom. The summed E-state index contributed by atoms with van der Waals surface area (Å²) in [5.74, 6) is 1.41. The highest BCUT2D eigenvalue weighted by Gasteiger charge is 2.10. The molecule has 0 amide bonds. The Kier molecular flexibility index (Phi) is 5.31. The SMILES string of the molecule is Cc1cc(Nc2ncc(Sc3ccncc3)c3ccccc23)ccc1C(C)C. The smallest absolute Gasteiger partial charge is 0.138 e. The van der Waals surface area contributed by atoms with E-state index in [4.69, 9.17) is 4.98 Å². The number of pyridine rings is 2. The molecule has 28 heavy (non-hydrogen) atoms. The molecule has 0 fully saturated rings. The number of aromatic nitrogens is 2. The molecule has 0 radical (unpaired) electrons. The standard InChI is InChI=1S/C24H23N3S/c1-16(2)20-9-8-18(14-17(20)3)27-24-22-7-5-4-6-21(22)23(15-26-24)28-19-10-12-25-13-11-19/h4-16H,1-3H3,(H,26,27). The normalized spacial score (nSPS) is 11.1. The van der Waals surface area contributed by atoms with E-state index >= 15 is 0 Å². The van der Waals surface area contributed by atoms with E-state index < -0.39 is 0 Å². The number of hydrogen-bond donors (Lipinski definition) is 1. The summed E-state index contributed by atoms with van der Waals surface area (Å²) in [4.78, 5) is 11.1. The van der Waals surface area contributed by atoms with Crippen LogP contribution in [0.1, 0.15) is 30.9 Å². The van der Waals surface area contributed by atoms with Gasteiger partial charge in [-0.2, -0.15) is 0 Å². The predicted molar refractivity (Wildman–Crippen MR) is 119 cm³/mol. The lowest BCUT2D eigenvalue weighted by Gasteiger charge is -2.14. The highest BCUT2D eigenvalue weighted by Crippen LogP contribution is 2.36. The molecule has 0 spiro atoms. The molecule has 2 aromatic carbocycles. The average molecular weight is 386 g/mol. The van der Waals surface area contributed by atoms with Crippen LogP contribution in [0.2, 0.25) is 0 Å². The van der Waals surface area contributed by atoms with Gasteiger partial charge in [-0.25, -0.2) is 4.98 Å². The maximum atomic E-state index is 4.74. The Labute approximate surface area is 170 Å². The van der Waals surface area contributed by atoms with E-state index in [2.05, 4.69) is 73.5 Å². The third-order valence-electron chi connectivity index (χ3n) is 4.79. The van der Waals surface area contributed by atoms with Gasteiger partial charge in [0.05, 0.1) is 0 Å². The Bertz CT molecular complexity index is 1110. The van der Waals surface area contributed by atoms with E-state index in [9.17, 15) is 0 Å². The predicted octanol–water partition coefficient (Wildman–Crippen LogP) is 6.96. The van der Waals surface area contributed by atoms with E-state index in [0.717, 1.165) is 26.7 Å². The van der Waals surface area contributed by atoms with E-state index in [-0.39, 0.29) is 0 Å². The second kappa shape index (κ2) is 8.03. The van der Waals surface area contributed by atoms with Gasteiger partial charge >= 0.3 is 0 Å². The minimum absolute atomic E-state index is 0.525. The Morgan fingerprint density at radius 2 is 1.68 bits per heavy atom. The number of aryl methyl sites for hydroxylation is 1. The highest BCUT2D eigenvalue weighted by atomic mass is 32.2. The second-order valence-electron chi connectivity index (χ2n) is 7.15. The van der Waals surface area contributed by atoms with Crippen molar-refractivity contribution in [3.8, 4) is 0 Å². The molecule has 1 N–H and O–H groups in total. The van der Waals surface area contributed by atoms with E-state index in [1.54, 1.807) is 11.8 Å². The monoisotopic (exact) mass is 385 g/mol. The van der Waals surface area contributed by atoms with Crippen molar-refractivity contribution in [1.82, 2.24) is 9.97 Å². The zero-order valence-corrected chi connectivity index (χ0v) is 17.1. The molecule has 140 valence electrons. The van der Waals surface area contributed by atoms with Gasteiger partial charge in [0.2, 0.25) is 0 Å². The van der Waals surface area contributed by atoms with Crippen LogP contribution >= 0.6 is 11.8 Å². The summed E-state index contributed by atoms with van der Waals surface area (Å²) in [7, 11) is 0. The highest BCUT2D eigenvalue weighted by molar-refractivity contribution is 7.99. The summed E-state index contributed by atoms with van der Waals surface area (Å²) in [6.45, 7) is 6.62.